The second-order valence-electron chi connectivity index (χ2n) is 4.34. The summed E-state index contributed by atoms with van der Waals surface area (Å²) in [7, 11) is 1.91. The van der Waals surface area contributed by atoms with Gasteiger partial charge in [0.1, 0.15) is 5.75 Å². The smallest absolute Gasteiger partial charge is 0.198 e. The molecule has 1 aliphatic rings. The summed E-state index contributed by atoms with van der Waals surface area (Å²) in [4.78, 5) is 0. The zero-order chi connectivity index (χ0) is 12.5. The van der Waals surface area contributed by atoms with Gasteiger partial charge in [0.05, 0.1) is 18.9 Å². The van der Waals surface area contributed by atoms with Crippen LogP contribution in [0, 0.1) is 0 Å². The zero-order valence-electron chi connectivity index (χ0n) is 10.1. The van der Waals surface area contributed by atoms with Crippen molar-refractivity contribution < 1.29 is 9.15 Å². The second kappa shape index (κ2) is 4.67. The van der Waals surface area contributed by atoms with Crippen LogP contribution in [0.5, 0.6) is 5.75 Å². The highest BCUT2D eigenvalue weighted by molar-refractivity contribution is 6.29. The van der Waals surface area contributed by atoms with Crippen LogP contribution >= 0.6 is 11.6 Å². The summed E-state index contributed by atoms with van der Waals surface area (Å²) in [5, 5.41) is 3.70. The van der Waals surface area contributed by atoms with Crippen LogP contribution < -0.4 is 10.1 Å². The van der Waals surface area contributed by atoms with Crippen molar-refractivity contribution in [1.29, 1.82) is 0 Å². The Hall–Kier alpha value is -1.45. The molecule has 0 radical (unpaired) electrons. The third-order valence-electron chi connectivity index (χ3n) is 3.29. The van der Waals surface area contributed by atoms with Crippen molar-refractivity contribution in [1.82, 2.24) is 5.32 Å². The molecular weight excluding hydrogens is 250 g/mol. The van der Waals surface area contributed by atoms with Gasteiger partial charge < -0.3 is 14.5 Å². The van der Waals surface area contributed by atoms with Crippen molar-refractivity contribution in [2.75, 3.05) is 13.7 Å². The van der Waals surface area contributed by atoms with E-state index in [-0.39, 0.29) is 6.04 Å². The topological polar surface area (TPSA) is 34.4 Å². The minimum absolute atomic E-state index is 0.0437. The summed E-state index contributed by atoms with van der Waals surface area (Å²) < 4.78 is 10.7. The number of hydrogen-bond donors (Lipinski definition) is 1. The molecule has 4 heteroatoms. The summed E-state index contributed by atoms with van der Waals surface area (Å²) in [5.41, 5.74) is 3.38. The average molecular weight is 264 g/mol. The molecule has 18 heavy (non-hydrogen) atoms. The standard InChI is InChI=1S/C14H14ClNO2/c1-16-13(11-5-7-18-14(11)15)10-2-3-12-9(8-10)4-6-17-12/h2-3,5,7-8,13,16H,4,6H2,1H3. The van der Waals surface area contributed by atoms with E-state index in [1.165, 1.54) is 11.1 Å². The Balaban J connectivity index is 2.00. The maximum absolute atomic E-state index is 6.05. The van der Waals surface area contributed by atoms with Gasteiger partial charge in [0.25, 0.3) is 0 Å². The van der Waals surface area contributed by atoms with Gasteiger partial charge in [0, 0.05) is 12.0 Å². The molecule has 3 nitrogen and oxygen atoms in total. The lowest BCUT2D eigenvalue weighted by atomic mass is 9.98. The molecule has 2 aromatic rings. The number of rotatable bonds is 3. The Morgan fingerprint density at radius 1 is 1.33 bits per heavy atom. The van der Waals surface area contributed by atoms with Crippen LogP contribution in [0.3, 0.4) is 0 Å². The minimum Gasteiger partial charge on any atom is -0.493 e. The Morgan fingerprint density at radius 2 is 2.22 bits per heavy atom. The summed E-state index contributed by atoms with van der Waals surface area (Å²) in [6, 6.07) is 8.20. The lowest BCUT2D eigenvalue weighted by molar-refractivity contribution is 0.357. The molecule has 1 N–H and O–H groups in total. The first kappa shape index (κ1) is 11.6. The van der Waals surface area contributed by atoms with Crippen molar-refractivity contribution >= 4 is 11.6 Å². The van der Waals surface area contributed by atoms with Crippen molar-refractivity contribution in [2.45, 2.75) is 12.5 Å². The summed E-state index contributed by atoms with van der Waals surface area (Å²) >= 11 is 6.05. The number of fused-ring (bicyclic) bond motifs is 1. The van der Waals surface area contributed by atoms with E-state index in [1.807, 2.05) is 19.2 Å². The second-order valence-corrected chi connectivity index (χ2v) is 4.68. The van der Waals surface area contributed by atoms with Crippen LogP contribution in [-0.4, -0.2) is 13.7 Å². The fourth-order valence-corrected chi connectivity index (χ4v) is 2.62. The highest BCUT2D eigenvalue weighted by atomic mass is 35.5. The first-order valence-corrected chi connectivity index (χ1v) is 6.33. The van der Waals surface area contributed by atoms with Crippen LogP contribution in [0.4, 0.5) is 0 Å². The van der Waals surface area contributed by atoms with Gasteiger partial charge in [-0.1, -0.05) is 12.1 Å². The lowest BCUT2D eigenvalue weighted by Gasteiger charge is -2.16. The molecule has 0 spiro atoms. The molecule has 0 aliphatic carbocycles. The predicted molar refractivity (Wildman–Crippen MR) is 70.3 cm³/mol. The molecule has 1 unspecified atom stereocenters. The van der Waals surface area contributed by atoms with Gasteiger partial charge in [-0.15, -0.1) is 0 Å². The molecule has 94 valence electrons. The monoisotopic (exact) mass is 263 g/mol. The third-order valence-corrected chi connectivity index (χ3v) is 3.60. The fraction of sp³-hybridized carbons (Fsp3) is 0.286. The molecule has 3 rings (SSSR count). The molecule has 1 aromatic carbocycles. The summed E-state index contributed by atoms with van der Waals surface area (Å²) in [5.74, 6) is 0.992. The van der Waals surface area contributed by atoms with E-state index in [0.717, 1.165) is 24.3 Å². The molecule has 1 aliphatic heterocycles. The predicted octanol–water partition coefficient (Wildman–Crippen LogP) is 3.18. The maximum Gasteiger partial charge on any atom is 0.198 e. The average Bonchev–Trinajstić information content (AvgIpc) is 2.99. The normalized spacial score (nSPS) is 15.2. The van der Waals surface area contributed by atoms with E-state index in [0.29, 0.717) is 5.22 Å². The largest absolute Gasteiger partial charge is 0.493 e. The Labute approximate surface area is 111 Å². The molecule has 0 bridgehead atoms. The van der Waals surface area contributed by atoms with E-state index in [9.17, 15) is 0 Å². The molecule has 1 aromatic heterocycles. The van der Waals surface area contributed by atoms with Crippen LogP contribution in [-0.2, 0) is 6.42 Å². The zero-order valence-corrected chi connectivity index (χ0v) is 10.8. The first-order chi connectivity index (χ1) is 8.79. The van der Waals surface area contributed by atoms with Gasteiger partial charge in [-0.25, -0.2) is 0 Å². The van der Waals surface area contributed by atoms with Crippen molar-refractivity contribution in [3.05, 3.63) is 52.4 Å². The Morgan fingerprint density at radius 3 is 2.94 bits per heavy atom. The molecule has 0 fully saturated rings. The maximum atomic E-state index is 6.05. The van der Waals surface area contributed by atoms with E-state index < -0.39 is 0 Å². The van der Waals surface area contributed by atoms with Gasteiger partial charge in [-0.3, -0.25) is 0 Å². The number of nitrogens with one attached hydrogen (secondary N) is 1. The van der Waals surface area contributed by atoms with Crippen molar-refractivity contribution in [3.8, 4) is 5.75 Å². The highest BCUT2D eigenvalue weighted by Gasteiger charge is 2.20. The van der Waals surface area contributed by atoms with Gasteiger partial charge in [0.2, 0.25) is 0 Å². The van der Waals surface area contributed by atoms with Gasteiger partial charge in [0.15, 0.2) is 5.22 Å². The number of benzene rings is 1. The van der Waals surface area contributed by atoms with E-state index in [4.69, 9.17) is 20.8 Å². The third kappa shape index (κ3) is 1.89. The van der Waals surface area contributed by atoms with Crippen LogP contribution in [0.15, 0.2) is 34.9 Å². The minimum atomic E-state index is 0.0437. The van der Waals surface area contributed by atoms with E-state index in [2.05, 4.69) is 17.4 Å². The Bertz CT molecular complexity index is 565. The van der Waals surface area contributed by atoms with E-state index >= 15 is 0 Å². The number of furan rings is 1. The first-order valence-electron chi connectivity index (χ1n) is 5.95. The highest BCUT2D eigenvalue weighted by Crippen LogP contribution is 2.33. The molecular formula is C14H14ClNO2. The summed E-state index contributed by atoms with van der Waals surface area (Å²) in [6.07, 6.45) is 2.58. The SMILES string of the molecule is CNC(c1ccc2c(c1)CCO2)c1ccoc1Cl. The molecule has 1 atom stereocenters. The van der Waals surface area contributed by atoms with Gasteiger partial charge in [-0.05, 0) is 41.9 Å². The molecule has 2 heterocycles. The number of hydrogen-bond acceptors (Lipinski definition) is 3. The van der Waals surface area contributed by atoms with Crippen molar-refractivity contribution in [2.24, 2.45) is 0 Å². The number of halogens is 1. The van der Waals surface area contributed by atoms with Gasteiger partial charge >= 0.3 is 0 Å². The molecule has 0 saturated carbocycles. The molecule has 0 amide bonds. The van der Waals surface area contributed by atoms with Gasteiger partial charge in [-0.2, -0.15) is 0 Å². The van der Waals surface area contributed by atoms with Crippen molar-refractivity contribution in [3.63, 3.8) is 0 Å². The van der Waals surface area contributed by atoms with Crippen LogP contribution in [0.25, 0.3) is 0 Å². The Kier molecular flexibility index (Phi) is 3.02. The quantitative estimate of drug-likeness (QED) is 0.924. The number of ether oxygens (including phenoxy) is 1. The van der Waals surface area contributed by atoms with E-state index in [1.54, 1.807) is 6.26 Å². The molecule has 0 saturated heterocycles. The van der Waals surface area contributed by atoms with Crippen LogP contribution in [0.1, 0.15) is 22.7 Å². The fourth-order valence-electron chi connectivity index (χ4n) is 2.40. The van der Waals surface area contributed by atoms with Crippen LogP contribution in [0.2, 0.25) is 5.22 Å². The summed E-state index contributed by atoms with van der Waals surface area (Å²) in [6.45, 7) is 0.773. The lowest BCUT2D eigenvalue weighted by Crippen LogP contribution is -2.17.